The van der Waals surface area contributed by atoms with Crippen LogP contribution < -0.4 is 4.72 Å². The zero-order valence-electron chi connectivity index (χ0n) is 15.0. The lowest BCUT2D eigenvalue weighted by molar-refractivity contribution is -0.129. The lowest BCUT2D eigenvalue weighted by Crippen LogP contribution is -2.36. The van der Waals surface area contributed by atoms with Crippen molar-refractivity contribution >= 4 is 15.9 Å². The smallest absolute Gasteiger partial charge is 0.226 e. The first kappa shape index (κ1) is 19.1. The molecule has 0 saturated carbocycles. The first-order valence-corrected chi connectivity index (χ1v) is 9.87. The quantitative estimate of drug-likeness (QED) is 0.796. The van der Waals surface area contributed by atoms with Gasteiger partial charge in [-0.05, 0) is 26.0 Å². The van der Waals surface area contributed by atoms with Gasteiger partial charge in [0.15, 0.2) is 0 Å². The van der Waals surface area contributed by atoms with Crippen LogP contribution in [0.4, 0.5) is 0 Å². The number of amides is 1. The monoisotopic (exact) mass is 364 g/mol. The topological polar surface area (TPSA) is 84.3 Å². The van der Waals surface area contributed by atoms with Crippen molar-refractivity contribution in [3.05, 3.63) is 47.3 Å². The van der Waals surface area contributed by atoms with Gasteiger partial charge in [0.25, 0.3) is 0 Å². The number of benzene rings is 1. The van der Waals surface area contributed by atoms with Crippen LogP contribution in [0.25, 0.3) is 5.69 Å². The minimum Gasteiger partial charge on any atom is -0.344 e. The molecule has 0 aliphatic rings. The zero-order chi connectivity index (χ0) is 18.6. The molecule has 0 bridgehead atoms. The molecule has 1 N–H and O–H groups in total. The summed E-state index contributed by atoms with van der Waals surface area (Å²) in [6.45, 7) is 4.35. The SMILES string of the molecule is Cc1nn(-c2ccccc2)c(C)c1CC(=O)N(C)CCNS(C)(=O)=O. The number of para-hydroxylation sites is 1. The highest BCUT2D eigenvalue weighted by Gasteiger charge is 2.18. The van der Waals surface area contributed by atoms with Gasteiger partial charge in [0.1, 0.15) is 0 Å². The van der Waals surface area contributed by atoms with E-state index in [1.807, 2.05) is 48.9 Å². The summed E-state index contributed by atoms with van der Waals surface area (Å²) in [4.78, 5) is 14.0. The van der Waals surface area contributed by atoms with Crippen molar-refractivity contribution in [1.29, 1.82) is 0 Å². The van der Waals surface area contributed by atoms with E-state index in [4.69, 9.17) is 0 Å². The fourth-order valence-corrected chi connectivity index (χ4v) is 3.02. The van der Waals surface area contributed by atoms with E-state index in [2.05, 4.69) is 9.82 Å². The molecule has 2 rings (SSSR count). The Morgan fingerprint density at radius 2 is 1.88 bits per heavy atom. The third-order valence-corrected chi connectivity index (χ3v) is 4.74. The Kier molecular flexibility index (Phi) is 5.97. The highest BCUT2D eigenvalue weighted by Crippen LogP contribution is 2.18. The third kappa shape index (κ3) is 5.14. The van der Waals surface area contributed by atoms with E-state index in [0.717, 1.165) is 28.9 Å². The Morgan fingerprint density at radius 1 is 1.24 bits per heavy atom. The van der Waals surface area contributed by atoms with Crippen molar-refractivity contribution in [3.8, 4) is 5.69 Å². The lowest BCUT2D eigenvalue weighted by Gasteiger charge is -2.17. The van der Waals surface area contributed by atoms with Crippen LogP contribution in [0.1, 0.15) is 17.0 Å². The number of aryl methyl sites for hydroxylation is 1. The molecule has 0 fully saturated rings. The number of nitrogens with one attached hydrogen (secondary N) is 1. The maximum atomic E-state index is 12.4. The molecule has 0 radical (unpaired) electrons. The van der Waals surface area contributed by atoms with Crippen LogP contribution in [0, 0.1) is 13.8 Å². The van der Waals surface area contributed by atoms with Gasteiger partial charge in [-0.15, -0.1) is 0 Å². The van der Waals surface area contributed by atoms with Gasteiger partial charge in [-0.25, -0.2) is 17.8 Å². The van der Waals surface area contributed by atoms with Crippen LogP contribution >= 0.6 is 0 Å². The highest BCUT2D eigenvalue weighted by molar-refractivity contribution is 7.88. The minimum absolute atomic E-state index is 0.0749. The molecular formula is C17H24N4O3S. The second-order valence-corrected chi connectivity index (χ2v) is 7.89. The van der Waals surface area contributed by atoms with E-state index < -0.39 is 10.0 Å². The molecule has 7 nitrogen and oxygen atoms in total. The maximum absolute atomic E-state index is 12.4. The summed E-state index contributed by atoms with van der Waals surface area (Å²) in [5.74, 6) is -0.0749. The van der Waals surface area contributed by atoms with Crippen molar-refractivity contribution in [2.24, 2.45) is 0 Å². The molecule has 1 aromatic carbocycles. The summed E-state index contributed by atoms with van der Waals surface area (Å²) in [5, 5.41) is 4.54. The molecule has 0 spiro atoms. The van der Waals surface area contributed by atoms with E-state index in [1.54, 1.807) is 7.05 Å². The first-order chi connectivity index (χ1) is 11.7. The number of aromatic nitrogens is 2. The number of sulfonamides is 1. The average molecular weight is 364 g/mol. The number of nitrogens with zero attached hydrogens (tertiary/aromatic N) is 3. The normalized spacial score (nSPS) is 11.5. The Bertz CT molecular complexity index is 844. The molecule has 25 heavy (non-hydrogen) atoms. The molecule has 1 amide bonds. The summed E-state index contributed by atoms with van der Waals surface area (Å²) in [6.07, 6.45) is 1.33. The number of likely N-dealkylation sites (N-methyl/N-ethyl adjacent to an activating group) is 1. The molecule has 136 valence electrons. The maximum Gasteiger partial charge on any atom is 0.226 e. The molecule has 0 unspecified atom stereocenters. The predicted octanol–water partition coefficient (Wildman–Crippen LogP) is 1.04. The Morgan fingerprint density at radius 3 is 2.48 bits per heavy atom. The van der Waals surface area contributed by atoms with Crippen LogP contribution in [0.3, 0.4) is 0 Å². The molecule has 1 heterocycles. The molecule has 0 atom stereocenters. The molecule has 2 aromatic rings. The number of hydrogen-bond donors (Lipinski definition) is 1. The van der Waals surface area contributed by atoms with Crippen molar-refractivity contribution in [2.45, 2.75) is 20.3 Å². The van der Waals surface area contributed by atoms with E-state index in [9.17, 15) is 13.2 Å². The van der Waals surface area contributed by atoms with Crippen molar-refractivity contribution in [3.63, 3.8) is 0 Å². The standard InChI is InChI=1S/C17H24N4O3S/c1-13-16(12-17(22)20(3)11-10-18-25(4,23)24)14(2)21(19-13)15-8-6-5-7-9-15/h5-9,18H,10-12H2,1-4H3. The molecule has 0 aliphatic carbocycles. The van der Waals surface area contributed by atoms with Crippen LogP contribution in [-0.4, -0.2) is 55.4 Å². The van der Waals surface area contributed by atoms with Gasteiger partial charge < -0.3 is 4.90 Å². The molecule has 0 aliphatic heterocycles. The van der Waals surface area contributed by atoms with Gasteiger partial charge in [0.05, 0.1) is 24.1 Å². The zero-order valence-corrected chi connectivity index (χ0v) is 15.8. The second-order valence-electron chi connectivity index (χ2n) is 6.06. The average Bonchev–Trinajstić information content (AvgIpc) is 2.82. The van der Waals surface area contributed by atoms with E-state index in [-0.39, 0.29) is 18.9 Å². The summed E-state index contributed by atoms with van der Waals surface area (Å²) in [5.41, 5.74) is 3.60. The van der Waals surface area contributed by atoms with Crippen molar-refractivity contribution < 1.29 is 13.2 Å². The Balaban J connectivity index is 2.07. The fraction of sp³-hybridized carbons (Fsp3) is 0.412. The van der Waals surface area contributed by atoms with Crippen LogP contribution in [0.2, 0.25) is 0 Å². The van der Waals surface area contributed by atoms with Gasteiger partial charge in [-0.2, -0.15) is 5.10 Å². The van der Waals surface area contributed by atoms with Crippen LogP contribution in [0.15, 0.2) is 30.3 Å². The summed E-state index contributed by atoms with van der Waals surface area (Å²) in [7, 11) is -1.58. The highest BCUT2D eigenvalue weighted by atomic mass is 32.2. The number of hydrogen-bond acceptors (Lipinski definition) is 4. The summed E-state index contributed by atoms with van der Waals surface area (Å²) in [6, 6.07) is 9.76. The number of rotatable bonds is 7. The lowest BCUT2D eigenvalue weighted by atomic mass is 10.1. The van der Waals surface area contributed by atoms with Crippen LogP contribution in [0.5, 0.6) is 0 Å². The fourth-order valence-electron chi connectivity index (χ4n) is 2.56. The first-order valence-electron chi connectivity index (χ1n) is 7.98. The number of carbonyl (C=O) groups excluding carboxylic acids is 1. The van der Waals surface area contributed by atoms with Crippen molar-refractivity contribution in [2.75, 3.05) is 26.4 Å². The Hall–Kier alpha value is -2.19. The second kappa shape index (κ2) is 7.79. The van der Waals surface area contributed by atoms with Crippen molar-refractivity contribution in [1.82, 2.24) is 19.4 Å². The molecule has 8 heteroatoms. The van der Waals surface area contributed by atoms with Gasteiger partial charge in [-0.3, -0.25) is 4.79 Å². The summed E-state index contributed by atoms with van der Waals surface area (Å²) < 4.78 is 26.4. The van der Waals surface area contributed by atoms with E-state index in [1.165, 1.54) is 4.90 Å². The van der Waals surface area contributed by atoms with Gasteiger partial charge in [0, 0.05) is 31.4 Å². The van der Waals surface area contributed by atoms with E-state index >= 15 is 0 Å². The Labute approximate surface area is 148 Å². The minimum atomic E-state index is -3.25. The van der Waals surface area contributed by atoms with E-state index in [0.29, 0.717) is 6.54 Å². The summed E-state index contributed by atoms with van der Waals surface area (Å²) >= 11 is 0. The number of carbonyl (C=O) groups is 1. The van der Waals surface area contributed by atoms with Gasteiger partial charge >= 0.3 is 0 Å². The van der Waals surface area contributed by atoms with Gasteiger partial charge in [0.2, 0.25) is 15.9 Å². The van der Waals surface area contributed by atoms with Gasteiger partial charge in [-0.1, -0.05) is 18.2 Å². The molecule has 0 saturated heterocycles. The third-order valence-electron chi connectivity index (χ3n) is 4.01. The molecular weight excluding hydrogens is 340 g/mol. The van der Waals surface area contributed by atoms with Crippen LogP contribution in [-0.2, 0) is 21.2 Å². The predicted molar refractivity (Wildman–Crippen MR) is 97.2 cm³/mol. The molecule has 1 aromatic heterocycles. The largest absolute Gasteiger partial charge is 0.344 e.